The minimum Gasteiger partial charge on any atom is -0.300 e. The number of rotatable bonds is 9. The highest BCUT2D eigenvalue weighted by atomic mass is 35.5. The number of halogens is 1. The van der Waals surface area contributed by atoms with Crippen molar-refractivity contribution in [3.63, 3.8) is 0 Å². The molecule has 1 aromatic heterocycles. The minimum absolute atomic E-state index is 0.390. The molecule has 0 saturated carbocycles. The van der Waals surface area contributed by atoms with Crippen LogP contribution in [0.1, 0.15) is 39.5 Å². The fourth-order valence-electron chi connectivity index (χ4n) is 1.79. The van der Waals surface area contributed by atoms with Gasteiger partial charge in [-0.1, -0.05) is 18.5 Å². The van der Waals surface area contributed by atoms with E-state index >= 15 is 0 Å². The predicted octanol–water partition coefficient (Wildman–Crippen LogP) is 4.28. The molecule has 0 fully saturated rings. The SMILES string of the molecule is CCCNC(C)(C#N)CCCCSc1ccc(Cl)cn1. The first-order chi connectivity index (χ1) is 9.59. The van der Waals surface area contributed by atoms with E-state index in [9.17, 15) is 5.26 Å². The van der Waals surface area contributed by atoms with Crippen molar-refractivity contribution in [2.45, 2.75) is 50.1 Å². The van der Waals surface area contributed by atoms with Crippen LogP contribution in [-0.2, 0) is 0 Å². The summed E-state index contributed by atoms with van der Waals surface area (Å²) in [5.41, 5.74) is -0.390. The van der Waals surface area contributed by atoms with Crippen molar-refractivity contribution in [2.24, 2.45) is 0 Å². The fourth-order valence-corrected chi connectivity index (χ4v) is 2.75. The first-order valence-corrected chi connectivity index (χ1v) is 8.36. The van der Waals surface area contributed by atoms with Gasteiger partial charge >= 0.3 is 0 Å². The number of aromatic nitrogens is 1. The Labute approximate surface area is 131 Å². The summed E-state index contributed by atoms with van der Waals surface area (Å²) in [7, 11) is 0. The second-order valence-corrected chi connectivity index (χ2v) is 6.54. The van der Waals surface area contributed by atoms with Gasteiger partial charge in [0.1, 0.15) is 5.54 Å². The zero-order chi connectivity index (χ0) is 14.8. The number of nitriles is 1. The number of nitrogens with one attached hydrogen (secondary N) is 1. The van der Waals surface area contributed by atoms with Gasteiger partial charge in [-0.05, 0) is 57.0 Å². The molecule has 0 saturated heterocycles. The van der Waals surface area contributed by atoms with Crippen LogP contribution < -0.4 is 5.32 Å². The number of unbranched alkanes of at least 4 members (excludes halogenated alkanes) is 1. The van der Waals surface area contributed by atoms with Crippen molar-refractivity contribution < 1.29 is 0 Å². The highest BCUT2D eigenvalue weighted by Gasteiger charge is 2.21. The fraction of sp³-hybridized carbons (Fsp3) is 0.600. The van der Waals surface area contributed by atoms with E-state index in [-0.39, 0.29) is 5.54 Å². The van der Waals surface area contributed by atoms with Gasteiger partial charge in [-0.25, -0.2) is 4.98 Å². The van der Waals surface area contributed by atoms with Crippen molar-refractivity contribution in [2.75, 3.05) is 12.3 Å². The molecule has 1 aromatic rings. The van der Waals surface area contributed by atoms with Crippen LogP contribution in [0.15, 0.2) is 23.4 Å². The van der Waals surface area contributed by atoms with E-state index in [2.05, 4.69) is 23.3 Å². The maximum Gasteiger partial charge on any atom is 0.103 e. The number of hydrogen-bond donors (Lipinski definition) is 1. The summed E-state index contributed by atoms with van der Waals surface area (Å²) >= 11 is 7.53. The van der Waals surface area contributed by atoms with Crippen LogP contribution in [0.3, 0.4) is 0 Å². The molecule has 0 spiro atoms. The number of nitrogens with zero attached hydrogens (tertiary/aromatic N) is 2. The van der Waals surface area contributed by atoms with Gasteiger partial charge in [-0.15, -0.1) is 11.8 Å². The zero-order valence-electron chi connectivity index (χ0n) is 12.2. The van der Waals surface area contributed by atoms with Gasteiger partial charge in [0.25, 0.3) is 0 Å². The molecule has 1 N–H and O–H groups in total. The Bertz CT molecular complexity index is 430. The first kappa shape index (κ1) is 17.3. The second kappa shape index (κ2) is 9.23. The lowest BCUT2D eigenvalue weighted by atomic mass is 9.96. The van der Waals surface area contributed by atoms with Crippen LogP contribution in [0.2, 0.25) is 5.02 Å². The molecule has 0 aromatic carbocycles. The van der Waals surface area contributed by atoms with Crippen LogP contribution >= 0.6 is 23.4 Å². The molecule has 3 nitrogen and oxygen atoms in total. The average molecular weight is 312 g/mol. The Hall–Kier alpha value is -0.760. The van der Waals surface area contributed by atoms with Crippen LogP contribution in [-0.4, -0.2) is 22.8 Å². The molecular weight excluding hydrogens is 290 g/mol. The lowest BCUT2D eigenvalue weighted by Gasteiger charge is -2.22. The summed E-state index contributed by atoms with van der Waals surface area (Å²) in [6.07, 6.45) is 5.74. The van der Waals surface area contributed by atoms with Gasteiger partial charge in [0.2, 0.25) is 0 Å². The van der Waals surface area contributed by atoms with E-state index in [0.717, 1.165) is 43.0 Å². The molecular formula is C15H22ClN3S. The molecule has 0 amide bonds. The summed E-state index contributed by atoms with van der Waals surface area (Å²) < 4.78 is 0. The molecule has 0 bridgehead atoms. The van der Waals surface area contributed by atoms with E-state index in [1.54, 1.807) is 18.0 Å². The van der Waals surface area contributed by atoms with Crippen molar-refractivity contribution >= 4 is 23.4 Å². The third-order valence-corrected chi connectivity index (χ3v) is 4.29. The normalized spacial score (nSPS) is 13.7. The van der Waals surface area contributed by atoms with E-state index in [4.69, 9.17) is 11.6 Å². The smallest absolute Gasteiger partial charge is 0.103 e. The van der Waals surface area contributed by atoms with E-state index in [1.807, 2.05) is 19.1 Å². The summed E-state index contributed by atoms with van der Waals surface area (Å²) in [6.45, 7) is 4.99. The molecule has 110 valence electrons. The largest absolute Gasteiger partial charge is 0.300 e. The Kier molecular flexibility index (Phi) is 7.98. The molecule has 1 atom stereocenters. The topological polar surface area (TPSA) is 48.7 Å². The van der Waals surface area contributed by atoms with Crippen molar-refractivity contribution in [3.8, 4) is 6.07 Å². The van der Waals surface area contributed by atoms with Crippen LogP contribution in [0, 0.1) is 11.3 Å². The number of hydrogen-bond acceptors (Lipinski definition) is 4. The summed E-state index contributed by atoms with van der Waals surface area (Å²) in [4.78, 5) is 4.25. The standard InChI is InChI=1S/C15H22ClN3S/c1-3-9-19-15(2,12-17)8-4-5-10-20-14-7-6-13(16)11-18-14/h6-7,11,19H,3-5,8-10H2,1-2H3. The Morgan fingerprint density at radius 1 is 1.45 bits per heavy atom. The van der Waals surface area contributed by atoms with Gasteiger partial charge < -0.3 is 0 Å². The van der Waals surface area contributed by atoms with E-state index < -0.39 is 0 Å². The average Bonchev–Trinajstić information content (AvgIpc) is 2.47. The molecule has 0 aliphatic carbocycles. The van der Waals surface area contributed by atoms with E-state index in [1.165, 1.54) is 0 Å². The third-order valence-electron chi connectivity index (χ3n) is 3.03. The second-order valence-electron chi connectivity index (χ2n) is 4.99. The number of pyridine rings is 1. The summed E-state index contributed by atoms with van der Waals surface area (Å²) in [5.74, 6) is 1.02. The van der Waals surface area contributed by atoms with Crippen molar-refractivity contribution in [1.82, 2.24) is 10.3 Å². The quantitative estimate of drug-likeness (QED) is 0.546. The van der Waals surface area contributed by atoms with Crippen molar-refractivity contribution in [3.05, 3.63) is 23.4 Å². The van der Waals surface area contributed by atoms with Crippen LogP contribution in [0.4, 0.5) is 0 Å². The molecule has 1 heterocycles. The van der Waals surface area contributed by atoms with Gasteiger partial charge in [-0.2, -0.15) is 5.26 Å². The highest BCUT2D eigenvalue weighted by Crippen LogP contribution is 2.20. The Balaban J connectivity index is 2.21. The molecule has 0 radical (unpaired) electrons. The third kappa shape index (κ3) is 6.60. The van der Waals surface area contributed by atoms with E-state index in [0.29, 0.717) is 5.02 Å². The molecule has 1 rings (SSSR count). The Morgan fingerprint density at radius 2 is 2.25 bits per heavy atom. The van der Waals surface area contributed by atoms with Gasteiger partial charge in [0, 0.05) is 6.20 Å². The highest BCUT2D eigenvalue weighted by molar-refractivity contribution is 7.99. The van der Waals surface area contributed by atoms with Crippen LogP contribution in [0.25, 0.3) is 0 Å². The lowest BCUT2D eigenvalue weighted by molar-refractivity contribution is 0.406. The molecule has 0 aliphatic rings. The van der Waals surface area contributed by atoms with Crippen LogP contribution in [0.5, 0.6) is 0 Å². The van der Waals surface area contributed by atoms with Gasteiger partial charge in [-0.3, -0.25) is 5.32 Å². The molecule has 20 heavy (non-hydrogen) atoms. The predicted molar refractivity (Wildman–Crippen MR) is 86.1 cm³/mol. The van der Waals surface area contributed by atoms with Gasteiger partial charge in [0.05, 0.1) is 16.1 Å². The summed E-state index contributed by atoms with van der Waals surface area (Å²) in [6, 6.07) is 6.18. The molecule has 1 unspecified atom stereocenters. The first-order valence-electron chi connectivity index (χ1n) is 7.00. The Morgan fingerprint density at radius 3 is 2.85 bits per heavy atom. The maximum atomic E-state index is 9.23. The number of thioether (sulfide) groups is 1. The van der Waals surface area contributed by atoms with Crippen molar-refractivity contribution in [1.29, 1.82) is 5.26 Å². The monoisotopic (exact) mass is 311 g/mol. The lowest BCUT2D eigenvalue weighted by Crippen LogP contribution is -2.41. The molecule has 0 aliphatic heterocycles. The maximum absolute atomic E-state index is 9.23. The minimum atomic E-state index is -0.390. The van der Waals surface area contributed by atoms with Gasteiger partial charge in [0.15, 0.2) is 0 Å². The molecule has 5 heteroatoms. The summed E-state index contributed by atoms with van der Waals surface area (Å²) in [5, 5.41) is 14.2. The zero-order valence-corrected chi connectivity index (χ0v) is 13.7.